The molecule has 0 atom stereocenters. The van der Waals surface area contributed by atoms with E-state index in [-0.39, 0.29) is 5.76 Å². The Kier molecular flexibility index (Phi) is 3.46. The van der Waals surface area contributed by atoms with Crippen molar-refractivity contribution < 1.29 is 13.9 Å². The molecule has 1 aromatic carbocycles. The Bertz CT molecular complexity index is 612. The van der Waals surface area contributed by atoms with Crippen LogP contribution >= 0.6 is 0 Å². The standard InChI is InChI=1S/C16H17NO3/c1-19-16(18)15-9-8-14(20-15)12-6-2-3-7-13(12)17-10-4-5-11-17/h2-3,6-9H,4-5,10-11H2,1H3. The van der Waals surface area contributed by atoms with Gasteiger partial charge in [-0.1, -0.05) is 12.1 Å². The van der Waals surface area contributed by atoms with Gasteiger partial charge >= 0.3 is 5.97 Å². The quantitative estimate of drug-likeness (QED) is 0.803. The SMILES string of the molecule is COC(=O)c1ccc(-c2ccccc2N2CCCC2)o1. The van der Waals surface area contributed by atoms with E-state index in [1.165, 1.54) is 20.0 Å². The molecule has 1 fully saturated rings. The number of carbonyl (C=O) groups excluding carboxylic acids is 1. The number of nitrogens with zero attached hydrogens (tertiary/aromatic N) is 1. The molecule has 1 aliphatic rings. The molecule has 0 amide bonds. The van der Waals surface area contributed by atoms with Crippen LogP contribution in [0.15, 0.2) is 40.8 Å². The average Bonchev–Trinajstić information content (AvgIpc) is 3.17. The second-order valence-electron chi connectivity index (χ2n) is 4.87. The minimum atomic E-state index is -0.449. The van der Waals surface area contributed by atoms with Gasteiger partial charge in [0.1, 0.15) is 5.76 Å². The van der Waals surface area contributed by atoms with Crippen molar-refractivity contribution >= 4 is 11.7 Å². The predicted molar refractivity (Wildman–Crippen MR) is 76.9 cm³/mol. The Morgan fingerprint density at radius 2 is 1.90 bits per heavy atom. The molecule has 4 heteroatoms. The summed E-state index contributed by atoms with van der Waals surface area (Å²) in [5, 5.41) is 0. The number of furan rings is 1. The van der Waals surface area contributed by atoms with Crippen LogP contribution in [0.25, 0.3) is 11.3 Å². The number of anilines is 1. The molecule has 0 unspecified atom stereocenters. The number of hydrogen-bond donors (Lipinski definition) is 0. The topological polar surface area (TPSA) is 42.7 Å². The second-order valence-corrected chi connectivity index (χ2v) is 4.87. The van der Waals surface area contributed by atoms with E-state index in [1.807, 2.05) is 24.3 Å². The molecule has 0 spiro atoms. The predicted octanol–water partition coefficient (Wildman–Crippen LogP) is 3.33. The number of ether oxygens (including phenoxy) is 1. The summed E-state index contributed by atoms with van der Waals surface area (Å²) in [6, 6.07) is 11.6. The lowest BCUT2D eigenvalue weighted by molar-refractivity contribution is 0.0566. The van der Waals surface area contributed by atoms with Crippen molar-refractivity contribution in [2.45, 2.75) is 12.8 Å². The zero-order valence-corrected chi connectivity index (χ0v) is 11.5. The zero-order valence-electron chi connectivity index (χ0n) is 11.5. The van der Waals surface area contributed by atoms with Gasteiger partial charge in [0.05, 0.1) is 7.11 Å². The third-order valence-electron chi connectivity index (χ3n) is 3.61. The third kappa shape index (κ3) is 2.29. The molecule has 0 bridgehead atoms. The number of carbonyl (C=O) groups is 1. The summed E-state index contributed by atoms with van der Waals surface area (Å²) < 4.78 is 10.3. The number of benzene rings is 1. The van der Waals surface area contributed by atoms with Crippen LogP contribution in [0, 0.1) is 0 Å². The van der Waals surface area contributed by atoms with Gasteiger partial charge in [-0.25, -0.2) is 4.79 Å². The highest BCUT2D eigenvalue weighted by Crippen LogP contribution is 2.33. The van der Waals surface area contributed by atoms with Crippen molar-refractivity contribution in [3.63, 3.8) is 0 Å². The van der Waals surface area contributed by atoms with E-state index in [9.17, 15) is 4.79 Å². The molecular weight excluding hydrogens is 254 g/mol. The fourth-order valence-corrected chi connectivity index (χ4v) is 2.61. The van der Waals surface area contributed by atoms with Gasteiger partial charge in [0.2, 0.25) is 5.76 Å². The lowest BCUT2D eigenvalue weighted by Gasteiger charge is -2.20. The van der Waals surface area contributed by atoms with Crippen molar-refractivity contribution in [1.82, 2.24) is 0 Å². The first-order valence-electron chi connectivity index (χ1n) is 6.82. The first-order valence-corrected chi connectivity index (χ1v) is 6.82. The zero-order chi connectivity index (χ0) is 13.9. The van der Waals surface area contributed by atoms with E-state index in [1.54, 1.807) is 6.07 Å². The molecule has 20 heavy (non-hydrogen) atoms. The lowest BCUT2D eigenvalue weighted by atomic mass is 10.1. The monoisotopic (exact) mass is 271 g/mol. The van der Waals surface area contributed by atoms with Crippen LogP contribution in [0.5, 0.6) is 0 Å². The van der Waals surface area contributed by atoms with Crippen LogP contribution in [-0.4, -0.2) is 26.2 Å². The van der Waals surface area contributed by atoms with Crippen molar-refractivity contribution in [1.29, 1.82) is 0 Å². The average molecular weight is 271 g/mol. The molecule has 104 valence electrons. The van der Waals surface area contributed by atoms with E-state index in [4.69, 9.17) is 4.42 Å². The molecule has 0 N–H and O–H groups in total. The Hall–Kier alpha value is -2.23. The Balaban J connectivity index is 1.97. The van der Waals surface area contributed by atoms with Gasteiger partial charge in [-0.05, 0) is 37.1 Å². The fourth-order valence-electron chi connectivity index (χ4n) is 2.61. The normalized spacial score (nSPS) is 14.6. The number of hydrogen-bond acceptors (Lipinski definition) is 4. The third-order valence-corrected chi connectivity index (χ3v) is 3.61. The van der Waals surface area contributed by atoms with Crippen molar-refractivity contribution in [3.05, 3.63) is 42.2 Å². The van der Waals surface area contributed by atoms with E-state index in [2.05, 4.69) is 15.7 Å². The largest absolute Gasteiger partial charge is 0.463 e. The van der Waals surface area contributed by atoms with Crippen LogP contribution < -0.4 is 4.90 Å². The van der Waals surface area contributed by atoms with Crippen molar-refractivity contribution in [2.75, 3.05) is 25.1 Å². The van der Waals surface area contributed by atoms with Gasteiger partial charge < -0.3 is 14.1 Å². The molecule has 1 aromatic heterocycles. The summed E-state index contributed by atoms with van der Waals surface area (Å²) in [6.45, 7) is 2.14. The molecule has 0 radical (unpaired) electrons. The number of esters is 1. The summed E-state index contributed by atoms with van der Waals surface area (Å²) in [6.07, 6.45) is 2.44. The Morgan fingerprint density at radius 3 is 2.65 bits per heavy atom. The maximum Gasteiger partial charge on any atom is 0.373 e. The number of methoxy groups -OCH3 is 1. The molecule has 0 aliphatic carbocycles. The first-order chi connectivity index (χ1) is 9.79. The van der Waals surface area contributed by atoms with Crippen LogP contribution in [0.3, 0.4) is 0 Å². The van der Waals surface area contributed by atoms with Gasteiger partial charge in [-0.2, -0.15) is 0 Å². The molecule has 2 heterocycles. The van der Waals surface area contributed by atoms with Gasteiger partial charge in [0, 0.05) is 24.3 Å². The van der Waals surface area contributed by atoms with Crippen LogP contribution in [0.2, 0.25) is 0 Å². The highest BCUT2D eigenvalue weighted by Gasteiger charge is 2.19. The Morgan fingerprint density at radius 1 is 1.15 bits per heavy atom. The van der Waals surface area contributed by atoms with E-state index in [0.717, 1.165) is 24.3 Å². The van der Waals surface area contributed by atoms with Crippen molar-refractivity contribution in [2.24, 2.45) is 0 Å². The molecule has 4 nitrogen and oxygen atoms in total. The summed E-state index contributed by atoms with van der Waals surface area (Å²) >= 11 is 0. The molecular formula is C16H17NO3. The minimum absolute atomic E-state index is 0.235. The maximum atomic E-state index is 11.5. The van der Waals surface area contributed by atoms with Crippen LogP contribution in [0.1, 0.15) is 23.4 Å². The maximum absolute atomic E-state index is 11.5. The fraction of sp³-hybridized carbons (Fsp3) is 0.312. The minimum Gasteiger partial charge on any atom is -0.463 e. The summed E-state index contributed by atoms with van der Waals surface area (Å²) in [4.78, 5) is 13.8. The van der Waals surface area contributed by atoms with Gasteiger partial charge in [-0.3, -0.25) is 0 Å². The van der Waals surface area contributed by atoms with Crippen LogP contribution in [-0.2, 0) is 4.74 Å². The molecule has 0 saturated carbocycles. The molecule has 1 saturated heterocycles. The van der Waals surface area contributed by atoms with E-state index >= 15 is 0 Å². The lowest BCUT2D eigenvalue weighted by Crippen LogP contribution is -2.18. The van der Waals surface area contributed by atoms with E-state index in [0.29, 0.717) is 5.76 Å². The summed E-state index contributed by atoms with van der Waals surface area (Å²) in [5.74, 6) is 0.488. The van der Waals surface area contributed by atoms with E-state index < -0.39 is 5.97 Å². The molecule has 2 aromatic rings. The summed E-state index contributed by atoms with van der Waals surface area (Å²) in [7, 11) is 1.35. The van der Waals surface area contributed by atoms with Crippen LogP contribution in [0.4, 0.5) is 5.69 Å². The number of rotatable bonds is 3. The first kappa shape index (κ1) is 12.8. The van der Waals surface area contributed by atoms with Gasteiger partial charge in [-0.15, -0.1) is 0 Å². The number of para-hydroxylation sites is 1. The summed E-state index contributed by atoms with van der Waals surface area (Å²) in [5.41, 5.74) is 2.18. The highest BCUT2D eigenvalue weighted by atomic mass is 16.5. The molecule has 3 rings (SSSR count). The van der Waals surface area contributed by atoms with Gasteiger partial charge in [0.15, 0.2) is 0 Å². The smallest absolute Gasteiger partial charge is 0.373 e. The highest BCUT2D eigenvalue weighted by molar-refractivity contribution is 5.87. The second kappa shape index (κ2) is 5.41. The Labute approximate surface area is 118 Å². The molecule has 1 aliphatic heterocycles. The van der Waals surface area contributed by atoms with Crippen molar-refractivity contribution in [3.8, 4) is 11.3 Å². The van der Waals surface area contributed by atoms with Gasteiger partial charge in [0.25, 0.3) is 0 Å².